The van der Waals surface area contributed by atoms with Gasteiger partial charge in [0, 0.05) is 12.2 Å². The number of rotatable bonds is 3. The van der Waals surface area contributed by atoms with E-state index in [9.17, 15) is 4.79 Å². The lowest BCUT2D eigenvalue weighted by Crippen LogP contribution is -2.32. The second kappa shape index (κ2) is 5.82. The number of aryl methyl sites for hydroxylation is 3. The summed E-state index contributed by atoms with van der Waals surface area (Å²) in [6.07, 6.45) is 0. The molecule has 2 rings (SSSR count). The predicted molar refractivity (Wildman–Crippen MR) is 80.0 cm³/mol. The normalized spacial score (nSPS) is 10.4. The lowest BCUT2D eigenvalue weighted by atomic mass is 10.1. The first-order valence-electron chi connectivity index (χ1n) is 6.73. The van der Waals surface area contributed by atoms with E-state index in [0.717, 1.165) is 17.1 Å². The second-order valence-electron chi connectivity index (χ2n) is 4.70. The summed E-state index contributed by atoms with van der Waals surface area (Å²) in [7, 11) is 0. The summed E-state index contributed by atoms with van der Waals surface area (Å²) in [5, 5.41) is 0. The molecule has 1 aromatic heterocycles. The Balaban J connectivity index is 2.45. The molecule has 0 saturated carbocycles. The molecule has 1 amide bonds. The fourth-order valence-electron chi connectivity index (χ4n) is 2.38. The molecule has 0 aliphatic carbocycles. The zero-order valence-corrected chi connectivity index (χ0v) is 12.3. The van der Waals surface area contributed by atoms with Gasteiger partial charge in [0.1, 0.15) is 5.82 Å². The van der Waals surface area contributed by atoms with Crippen molar-refractivity contribution >= 4 is 11.6 Å². The minimum Gasteiger partial charge on any atom is -0.309 e. The third kappa shape index (κ3) is 2.69. The zero-order chi connectivity index (χ0) is 14.7. The fraction of sp³-hybridized carbons (Fsp3) is 0.312. The predicted octanol–water partition coefficient (Wildman–Crippen LogP) is 3.07. The number of benzene rings is 1. The highest BCUT2D eigenvalue weighted by molar-refractivity contribution is 6.07. The maximum absolute atomic E-state index is 12.8. The molecule has 0 fully saturated rings. The molecule has 0 radical (unpaired) electrons. The minimum absolute atomic E-state index is 0.0475. The van der Waals surface area contributed by atoms with Gasteiger partial charge in [-0.3, -0.25) is 4.79 Å². The van der Waals surface area contributed by atoms with Crippen molar-refractivity contribution in [2.45, 2.75) is 27.7 Å². The fourth-order valence-corrected chi connectivity index (χ4v) is 2.38. The number of carbonyl (C=O) groups excluding carboxylic acids is 1. The molecular weight excluding hydrogens is 250 g/mol. The van der Waals surface area contributed by atoms with Gasteiger partial charge in [-0.2, -0.15) is 0 Å². The largest absolute Gasteiger partial charge is 0.309 e. The van der Waals surface area contributed by atoms with Crippen LogP contribution in [0.25, 0.3) is 0 Å². The third-order valence-electron chi connectivity index (χ3n) is 3.23. The number of nitrogens with zero attached hydrogens (tertiary/aromatic N) is 3. The SMILES string of the molecule is CCN(C(=O)c1c(C)nc(C)nc1C)c1ccccc1. The summed E-state index contributed by atoms with van der Waals surface area (Å²) in [6, 6.07) is 9.66. The van der Waals surface area contributed by atoms with E-state index in [0.29, 0.717) is 17.9 Å². The molecule has 20 heavy (non-hydrogen) atoms. The lowest BCUT2D eigenvalue weighted by Gasteiger charge is -2.22. The highest BCUT2D eigenvalue weighted by Gasteiger charge is 2.21. The quantitative estimate of drug-likeness (QED) is 0.860. The Morgan fingerprint density at radius 2 is 1.60 bits per heavy atom. The van der Waals surface area contributed by atoms with Crippen molar-refractivity contribution in [2.24, 2.45) is 0 Å². The van der Waals surface area contributed by atoms with Gasteiger partial charge in [0.25, 0.3) is 5.91 Å². The van der Waals surface area contributed by atoms with E-state index in [2.05, 4.69) is 9.97 Å². The molecule has 2 aromatic rings. The molecule has 1 heterocycles. The maximum atomic E-state index is 12.8. The van der Waals surface area contributed by atoms with Crippen LogP contribution >= 0.6 is 0 Å². The Morgan fingerprint density at radius 3 is 2.10 bits per heavy atom. The van der Waals surface area contributed by atoms with E-state index < -0.39 is 0 Å². The topological polar surface area (TPSA) is 46.1 Å². The Morgan fingerprint density at radius 1 is 1.05 bits per heavy atom. The van der Waals surface area contributed by atoms with E-state index >= 15 is 0 Å². The van der Waals surface area contributed by atoms with Crippen LogP contribution in [0.15, 0.2) is 30.3 Å². The molecule has 0 saturated heterocycles. The van der Waals surface area contributed by atoms with Crippen LogP contribution in [0.2, 0.25) is 0 Å². The average Bonchev–Trinajstić information content (AvgIpc) is 2.39. The summed E-state index contributed by atoms with van der Waals surface area (Å²) in [5.74, 6) is 0.646. The number of para-hydroxylation sites is 1. The van der Waals surface area contributed by atoms with Crippen LogP contribution in [0.1, 0.15) is 34.5 Å². The number of amides is 1. The Hall–Kier alpha value is -2.23. The number of hydrogen-bond donors (Lipinski definition) is 0. The van der Waals surface area contributed by atoms with Gasteiger partial charge in [-0.25, -0.2) is 9.97 Å². The molecule has 0 unspecified atom stereocenters. The highest BCUT2D eigenvalue weighted by atomic mass is 16.2. The zero-order valence-electron chi connectivity index (χ0n) is 12.3. The molecule has 0 aliphatic heterocycles. The molecule has 1 aromatic carbocycles. The number of carbonyl (C=O) groups is 1. The summed E-state index contributed by atoms with van der Waals surface area (Å²) in [4.78, 5) is 23.1. The van der Waals surface area contributed by atoms with E-state index in [1.165, 1.54) is 0 Å². The maximum Gasteiger partial charge on any atom is 0.261 e. The van der Waals surface area contributed by atoms with Gasteiger partial charge >= 0.3 is 0 Å². The van der Waals surface area contributed by atoms with E-state index in [1.807, 2.05) is 58.0 Å². The molecule has 0 bridgehead atoms. The van der Waals surface area contributed by atoms with Crippen molar-refractivity contribution in [2.75, 3.05) is 11.4 Å². The Labute approximate surface area is 119 Å². The molecule has 0 N–H and O–H groups in total. The van der Waals surface area contributed by atoms with E-state index in [4.69, 9.17) is 0 Å². The van der Waals surface area contributed by atoms with Crippen LogP contribution in [0.5, 0.6) is 0 Å². The van der Waals surface area contributed by atoms with Gasteiger partial charge in [-0.1, -0.05) is 18.2 Å². The third-order valence-corrected chi connectivity index (χ3v) is 3.23. The van der Waals surface area contributed by atoms with Crippen LogP contribution in [-0.4, -0.2) is 22.4 Å². The van der Waals surface area contributed by atoms with Crippen molar-refractivity contribution < 1.29 is 4.79 Å². The Bertz CT molecular complexity index is 600. The molecular formula is C16H19N3O. The van der Waals surface area contributed by atoms with Gasteiger partial charge in [0.15, 0.2) is 0 Å². The second-order valence-corrected chi connectivity index (χ2v) is 4.70. The molecule has 4 heteroatoms. The monoisotopic (exact) mass is 269 g/mol. The highest BCUT2D eigenvalue weighted by Crippen LogP contribution is 2.19. The first kappa shape index (κ1) is 14.2. The summed E-state index contributed by atoms with van der Waals surface area (Å²) in [5.41, 5.74) is 2.95. The summed E-state index contributed by atoms with van der Waals surface area (Å²) in [6.45, 7) is 8.12. The molecule has 0 aliphatic rings. The first-order chi connectivity index (χ1) is 9.54. The molecule has 4 nitrogen and oxygen atoms in total. The van der Waals surface area contributed by atoms with Crippen molar-refractivity contribution in [1.29, 1.82) is 0 Å². The van der Waals surface area contributed by atoms with Crippen molar-refractivity contribution in [3.63, 3.8) is 0 Å². The summed E-state index contributed by atoms with van der Waals surface area (Å²) >= 11 is 0. The lowest BCUT2D eigenvalue weighted by molar-refractivity contribution is 0.0986. The average molecular weight is 269 g/mol. The van der Waals surface area contributed by atoms with Gasteiger partial charge in [0.2, 0.25) is 0 Å². The van der Waals surface area contributed by atoms with Crippen LogP contribution in [-0.2, 0) is 0 Å². The summed E-state index contributed by atoms with van der Waals surface area (Å²) < 4.78 is 0. The molecule has 0 atom stereocenters. The van der Waals surface area contributed by atoms with Gasteiger partial charge in [-0.05, 0) is 39.8 Å². The van der Waals surface area contributed by atoms with Crippen molar-refractivity contribution in [3.8, 4) is 0 Å². The van der Waals surface area contributed by atoms with Gasteiger partial charge in [-0.15, -0.1) is 0 Å². The number of aromatic nitrogens is 2. The van der Waals surface area contributed by atoms with Gasteiger partial charge in [0.05, 0.1) is 17.0 Å². The standard InChI is InChI=1S/C16H19N3O/c1-5-19(14-9-7-6-8-10-14)16(20)15-11(2)17-13(4)18-12(15)3/h6-10H,5H2,1-4H3. The number of anilines is 1. The van der Waals surface area contributed by atoms with E-state index in [1.54, 1.807) is 4.90 Å². The van der Waals surface area contributed by atoms with Crippen molar-refractivity contribution in [1.82, 2.24) is 9.97 Å². The van der Waals surface area contributed by atoms with Gasteiger partial charge < -0.3 is 4.90 Å². The van der Waals surface area contributed by atoms with Crippen LogP contribution in [0.3, 0.4) is 0 Å². The van der Waals surface area contributed by atoms with Crippen molar-refractivity contribution in [3.05, 3.63) is 53.1 Å². The smallest absolute Gasteiger partial charge is 0.261 e. The van der Waals surface area contributed by atoms with Crippen LogP contribution < -0.4 is 4.90 Å². The van der Waals surface area contributed by atoms with Crippen LogP contribution in [0, 0.1) is 20.8 Å². The Kier molecular flexibility index (Phi) is 4.13. The van der Waals surface area contributed by atoms with E-state index in [-0.39, 0.29) is 5.91 Å². The molecule has 0 spiro atoms. The minimum atomic E-state index is -0.0475. The number of hydrogen-bond acceptors (Lipinski definition) is 3. The van der Waals surface area contributed by atoms with Crippen LogP contribution in [0.4, 0.5) is 5.69 Å². The first-order valence-corrected chi connectivity index (χ1v) is 6.73. The molecule has 104 valence electrons.